The van der Waals surface area contributed by atoms with Crippen LogP contribution in [0.5, 0.6) is 0 Å². The van der Waals surface area contributed by atoms with Gasteiger partial charge >= 0.3 is 11.9 Å². The Labute approximate surface area is 158 Å². The van der Waals surface area contributed by atoms with Crippen LogP contribution in [0.2, 0.25) is 0 Å². The highest BCUT2D eigenvalue weighted by Crippen LogP contribution is 2.32. The molecule has 6 nitrogen and oxygen atoms in total. The van der Waals surface area contributed by atoms with E-state index in [1.54, 1.807) is 6.92 Å². The smallest absolute Gasteiger partial charge is 0.326 e. The van der Waals surface area contributed by atoms with Crippen LogP contribution < -0.4 is 5.32 Å². The van der Waals surface area contributed by atoms with E-state index in [1.165, 1.54) is 7.11 Å². The van der Waals surface area contributed by atoms with Crippen LogP contribution in [0.25, 0.3) is 0 Å². The minimum Gasteiger partial charge on any atom is -0.480 e. The first-order chi connectivity index (χ1) is 12.9. The first kappa shape index (κ1) is 20.2. The number of aliphatic carboxylic acids is 1. The highest BCUT2D eigenvalue weighted by atomic mass is 16.5. The zero-order valence-corrected chi connectivity index (χ0v) is 15.3. The van der Waals surface area contributed by atoms with Crippen molar-refractivity contribution in [3.63, 3.8) is 0 Å². The van der Waals surface area contributed by atoms with Gasteiger partial charge in [-0.15, -0.1) is 0 Å². The van der Waals surface area contributed by atoms with Crippen LogP contribution in [-0.4, -0.2) is 36.1 Å². The number of carboxylic acid groups (broad SMARTS) is 1. The quantitative estimate of drug-likeness (QED) is 0.698. The minimum absolute atomic E-state index is 0.0482. The van der Waals surface area contributed by atoms with E-state index >= 15 is 0 Å². The number of carboxylic acids is 1. The van der Waals surface area contributed by atoms with Crippen molar-refractivity contribution in [1.82, 2.24) is 5.32 Å². The molecule has 0 aliphatic heterocycles. The average Bonchev–Trinajstić information content (AvgIpc) is 2.70. The maximum absolute atomic E-state index is 13.2. The van der Waals surface area contributed by atoms with E-state index in [4.69, 9.17) is 0 Å². The molecular weight excluding hydrogens is 346 g/mol. The zero-order valence-electron chi connectivity index (χ0n) is 15.3. The number of carbonyl (C=O) groups is 3. The molecule has 0 aromatic heterocycles. The highest BCUT2D eigenvalue weighted by Gasteiger charge is 2.38. The van der Waals surface area contributed by atoms with E-state index in [-0.39, 0.29) is 12.8 Å². The molecule has 2 rings (SSSR count). The van der Waals surface area contributed by atoms with Crippen molar-refractivity contribution in [1.29, 1.82) is 0 Å². The average molecular weight is 369 g/mol. The lowest BCUT2D eigenvalue weighted by atomic mass is 9.75. The fraction of sp³-hybridized carbons (Fsp3) is 0.286. The summed E-state index contributed by atoms with van der Waals surface area (Å²) in [5.41, 5.74) is 0.401. The molecule has 0 radical (unpaired) electrons. The first-order valence-electron chi connectivity index (χ1n) is 8.61. The molecule has 6 heteroatoms. The third kappa shape index (κ3) is 4.73. The van der Waals surface area contributed by atoms with E-state index in [1.807, 2.05) is 60.7 Å². The van der Waals surface area contributed by atoms with E-state index in [0.29, 0.717) is 0 Å². The molecule has 0 aliphatic rings. The normalized spacial score (nSPS) is 12.1. The van der Waals surface area contributed by atoms with Crippen molar-refractivity contribution in [3.8, 4) is 0 Å². The maximum atomic E-state index is 13.2. The molecule has 1 atom stereocenters. The van der Waals surface area contributed by atoms with Gasteiger partial charge in [0.05, 0.1) is 12.5 Å². The molecule has 0 bridgehead atoms. The molecule has 0 saturated heterocycles. The van der Waals surface area contributed by atoms with E-state index in [0.717, 1.165) is 11.1 Å². The number of hydrogen-bond acceptors (Lipinski definition) is 4. The second-order valence-corrected chi connectivity index (χ2v) is 6.34. The van der Waals surface area contributed by atoms with Crippen LogP contribution in [0.15, 0.2) is 60.7 Å². The number of rotatable bonds is 8. The SMILES string of the molecule is COC(=O)CC[C@@H](NC(=O)C(C)(c1ccccc1)c1ccccc1)C(=O)O. The van der Waals surface area contributed by atoms with Gasteiger partial charge in [0.1, 0.15) is 6.04 Å². The Bertz CT molecular complexity index is 749. The molecule has 0 saturated carbocycles. The number of benzene rings is 2. The van der Waals surface area contributed by atoms with E-state index < -0.39 is 29.3 Å². The summed E-state index contributed by atoms with van der Waals surface area (Å²) in [7, 11) is 1.23. The largest absolute Gasteiger partial charge is 0.480 e. The van der Waals surface area contributed by atoms with Crippen LogP contribution in [0, 0.1) is 0 Å². The number of hydrogen-bond donors (Lipinski definition) is 2. The maximum Gasteiger partial charge on any atom is 0.326 e. The Kier molecular flexibility index (Phi) is 6.71. The molecule has 2 N–H and O–H groups in total. The highest BCUT2D eigenvalue weighted by molar-refractivity contribution is 5.94. The Morgan fingerprint density at radius 2 is 1.48 bits per heavy atom. The van der Waals surface area contributed by atoms with Crippen molar-refractivity contribution < 1.29 is 24.2 Å². The molecule has 1 amide bonds. The van der Waals surface area contributed by atoms with Gasteiger partial charge in [0.15, 0.2) is 0 Å². The summed E-state index contributed by atoms with van der Waals surface area (Å²) < 4.78 is 4.55. The molecule has 0 unspecified atom stereocenters. The van der Waals surface area contributed by atoms with E-state index in [2.05, 4.69) is 10.1 Å². The lowest BCUT2D eigenvalue weighted by Crippen LogP contribution is -2.50. The molecule has 142 valence electrons. The summed E-state index contributed by atoms with van der Waals surface area (Å²) in [4.78, 5) is 36.1. The van der Waals surface area contributed by atoms with Crippen molar-refractivity contribution >= 4 is 17.8 Å². The molecule has 0 heterocycles. The molecule has 27 heavy (non-hydrogen) atoms. The van der Waals surface area contributed by atoms with Gasteiger partial charge in [-0.25, -0.2) is 4.79 Å². The lowest BCUT2D eigenvalue weighted by molar-refractivity contribution is -0.144. The van der Waals surface area contributed by atoms with Gasteiger partial charge in [0, 0.05) is 6.42 Å². The molecule has 0 aliphatic carbocycles. The number of carbonyl (C=O) groups excluding carboxylic acids is 2. The lowest BCUT2D eigenvalue weighted by Gasteiger charge is -2.31. The van der Waals surface area contributed by atoms with Crippen molar-refractivity contribution in [3.05, 3.63) is 71.8 Å². The fourth-order valence-corrected chi connectivity index (χ4v) is 2.90. The van der Waals surface area contributed by atoms with Gasteiger partial charge in [-0.3, -0.25) is 9.59 Å². The third-order valence-electron chi connectivity index (χ3n) is 4.62. The first-order valence-corrected chi connectivity index (χ1v) is 8.61. The van der Waals surface area contributed by atoms with Crippen LogP contribution in [-0.2, 0) is 24.5 Å². The van der Waals surface area contributed by atoms with Gasteiger partial charge in [0.2, 0.25) is 5.91 Å². The predicted octanol–water partition coefficient (Wildman–Crippen LogP) is 2.52. The summed E-state index contributed by atoms with van der Waals surface area (Å²) in [6.07, 6.45) is -0.144. The van der Waals surface area contributed by atoms with Crippen LogP contribution in [0.1, 0.15) is 30.9 Å². The van der Waals surface area contributed by atoms with Crippen molar-refractivity contribution in [2.75, 3.05) is 7.11 Å². The zero-order chi connectivity index (χ0) is 19.9. The van der Waals surface area contributed by atoms with Crippen LogP contribution in [0.3, 0.4) is 0 Å². The Hall–Kier alpha value is -3.15. The summed E-state index contributed by atoms with van der Waals surface area (Å²) >= 11 is 0. The number of esters is 1. The number of methoxy groups -OCH3 is 1. The van der Waals surface area contributed by atoms with Gasteiger partial charge in [-0.05, 0) is 24.5 Å². The topological polar surface area (TPSA) is 92.7 Å². The summed E-state index contributed by atoms with van der Waals surface area (Å²) in [6.45, 7) is 1.76. The molecule has 0 spiro atoms. The second kappa shape index (κ2) is 8.98. The Morgan fingerprint density at radius 3 is 1.89 bits per heavy atom. The molecule has 2 aromatic rings. The Morgan fingerprint density at radius 1 is 1.00 bits per heavy atom. The number of amides is 1. The summed E-state index contributed by atoms with van der Waals surface area (Å²) in [5.74, 6) is -2.17. The third-order valence-corrected chi connectivity index (χ3v) is 4.62. The van der Waals surface area contributed by atoms with Gasteiger partial charge in [0.25, 0.3) is 0 Å². The van der Waals surface area contributed by atoms with Crippen LogP contribution >= 0.6 is 0 Å². The van der Waals surface area contributed by atoms with Crippen LogP contribution in [0.4, 0.5) is 0 Å². The number of nitrogens with one attached hydrogen (secondary N) is 1. The minimum atomic E-state index is -1.20. The molecule has 2 aromatic carbocycles. The van der Waals surface area contributed by atoms with Gasteiger partial charge in [-0.1, -0.05) is 60.7 Å². The molecular formula is C21H23NO5. The molecule has 0 fully saturated rings. The summed E-state index contributed by atoms with van der Waals surface area (Å²) in [6, 6.07) is 17.1. The van der Waals surface area contributed by atoms with E-state index in [9.17, 15) is 19.5 Å². The fourth-order valence-electron chi connectivity index (χ4n) is 2.90. The van der Waals surface area contributed by atoms with Gasteiger partial charge < -0.3 is 15.2 Å². The number of ether oxygens (including phenoxy) is 1. The Balaban J connectivity index is 2.34. The monoisotopic (exact) mass is 369 g/mol. The summed E-state index contributed by atoms with van der Waals surface area (Å²) in [5, 5.41) is 12.0. The van der Waals surface area contributed by atoms with Crippen molar-refractivity contribution in [2.45, 2.75) is 31.2 Å². The predicted molar refractivity (Wildman–Crippen MR) is 100 cm³/mol. The standard InChI is InChI=1S/C21H23NO5/c1-21(15-9-5-3-6-10-15,16-11-7-4-8-12-16)20(26)22-17(19(24)25)13-14-18(23)27-2/h3-12,17H,13-14H2,1-2H3,(H,22,26)(H,24,25)/t17-/m1/s1. The second-order valence-electron chi connectivity index (χ2n) is 6.34. The van der Waals surface area contributed by atoms with Crippen molar-refractivity contribution in [2.24, 2.45) is 0 Å². The van der Waals surface area contributed by atoms with Gasteiger partial charge in [-0.2, -0.15) is 0 Å².